The Morgan fingerprint density at radius 1 is 0.359 bits per heavy atom. The van der Waals surface area contributed by atoms with Crippen molar-refractivity contribution < 1.29 is 166 Å². The minimum absolute atomic E-state index is 0.0354. The standard InChI is InChI=1S/C108H126N2O35/c1-12-124-104-100(131-60-80-49-33-19-34-50-80)97(90(128-57-77-43-27-16-28-44-77)83(138-104)61-122-54-74-37-21-13-22-38-74)143-103-88(110-67(4)112)94(142-105-99(130-59-79-47-31-18-32-48-79)96(129-58-78-45-29-17-30-46-78)89(65(2)132-105)127-56-76-41-25-15-26-42-76)91(84(137-103)62-123-55-75-39-23-14-24-40-75)141-106-101(140-102(119)81-51-35-20-36-52-81)98(93(136-73(10)118)86(139-106)64-126-69(6)114)145-108(107(120)121-11)53-82(133-70(7)115)87(109-66(3)111)95(144-108)92(135-72(9)117)85(134-71(8)116)63-125-68(5)113/h13-52,65,82-101,103-106H,12,53-64H2,1-11H3,(H,109,111)(H,110,112)/t65-,82+,83+,84+,85+,86+,87+,88+,89+,90-,91+,92+,93-,94+,95-,96+,97-,98-,99-,100+,101+,103-,104+,105+,106-,108-/m0/s1. The fourth-order valence-corrected chi connectivity index (χ4v) is 17.8. The Bertz CT molecular complexity index is 5400. The van der Waals surface area contributed by atoms with Crippen LogP contribution < -0.4 is 10.6 Å². The number of carbonyl (C=O) groups is 10. The van der Waals surface area contributed by atoms with Crippen molar-refractivity contribution in [3.63, 3.8) is 0 Å². The Labute approximate surface area is 840 Å². The summed E-state index contributed by atoms with van der Waals surface area (Å²) >= 11 is 0. The molecule has 0 spiro atoms. The van der Waals surface area contributed by atoms with Gasteiger partial charge in [-0.3, -0.25) is 38.4 Å². The van der Waals surface area contributed by atoms with Gasteiger partial charge in [0.05, 0.1) is 90.7 Å². The molecule has 37 heteroatoms. The lowest BCUT2D eigenvalue weighted by molar-refractivity contribution is -0.400. The van der Waals surface area contributed by atoms with E-state index in [-0.39, 0.29) is 65.0 Å². The molecule has 5 aliphatic heterocycles. The maximum absolute atomic E-state index is 16.0. The first kappa shape index (κ1) is 110. The Morgan fingerprint density at radius 3 is 1.21 bits per heavy atom. The lowest BCUT2D eigenvalue weighted by Crippen LogP contribution is -2.73. The zero-order chi connectivity index (χ0) is 103. The fraction of sp³-hybridized carbons (Fsp3) is 0.463. The van der Waals surface area contributed by atoms with Crippen molar-refractivity contribution >= 4 is 59.6 Å². The van der Waals surface area contributed by atoms with Gasteiger partial charge in [-0.15, -0.1) is 0 Å². The zero-order valence-corrected chi connectivity index (χ0v) is 82.5. The molecule has 778 valence electrons. The summed E-state index contributed by atoms with van der Waals surface area (Å²) in [5.41, 5.74) is 4.96. The SMILES string of the molecule is CCO[C@@H]1O[C@H](COCc2ccccc2)[C@H](OCc2ccccc2)[C@H](O[C@@H]2O[C@H](COCc3ccccc3)[C@@H](O[C@@H]3O[C@H](COC(C)=O)[C@H](OC(C)=O)[C@H](O[C@]4(C(=O)OC)C[C@@H](OC(C)=O)[C@@H](NC(C)=O)[C@@H]([C@H](OC(C)=O)[C@@H](COC(C)=O)OC(C)=O)O4)[C@H]3OC(=O)c3ccccc3)[C@H](O[C@H]3O[C@@H](C)[C@@H](OCc4ccccc4)[C@@H](OCc4ccccc4)[C@@H]3OCc3ccccc3)[C@H]2NC(C)=O)[C@H]1OCc1ccccc1. The molecular formula is C108H126N2O35. The number of benzene rings is 8. The maximum Gasteiger partial charge on any atom is 0.366 e. The average Bonchev–Trinajstić information content (AvgIpc) is 0.732. The van der Waals surface area contributed by atoms with Crippen LogP contribution in [0.5, 0.6) is 0 Å². The second kappa shape index (κ2) is 54.8. The second-order valence-corrected chi connectivity index (χ2v) is 35.3. The predicted octanol–water partition coefficient (Wildman–Crippen LogP) is 10.6. The fourth-order valence-electron chi connectivity index (χ4n) is 17.8. The summed E-state index contributed by atoms with van der Waals surface area (Å²) in [6.07, 6.45) is -40.9. The van der Waals surface area contributed by atoms with Crippen LogP contribution in [0.1, 0.15) is 125 Å². The van der Waals surface area contributed by atoms with Gasteiger partial charge in [0.2, 0.25) is 11.8 Å². The molecule has 0 unspecified atom stereocenters. The third-order valence-electron chi connectivity index (χ3n) is 24.2. The zero-order valence-electron chi connectivity index (χ0n) is 82.5. The van der Waals surface area contributed by atoms with Crippen LogP contribution in [0.15, 0.2) is 243 Å². The van der Waals surface area contributed by atoms with E-state index in [1.54, 1.807) is 32.0 Å². The number of ether oxygens (including phenoxy) is 25. The Balaban J connectivity index is 1.06. The van der Waals surface area contributed by atoms with Crippen LogP contribution in [-0.2, 0) is 208 Å². The van der Waals surface area contributed by atoms with Gasteiger partial charge in [-0.05, 0) is 64.9 Å². The van der Waals surface area contributed by atoms with Crippen LogP contribution in [0.3, 0.4) is 0 Å². The normalized spacial score (nSPS) is 27.5. The van der Waals surface area contributed by atoms with Gasteiger partial charge in [0.25, 0.3) is 5.79 Å². The molecule has 0 aliphatic carbocycles. The van der Waals surface area contributed by atoms with Crippen molar-refractivity contribution in [2.45, 2.75) is 281 Å². The van der Waals surface area contributed by atoms with Crippen molar-refractivity contribution in [2.24, 2.45) is 0 Å². The van der Waals surface area contributed by atoms with Crippen LogP contribution in [0.2, 0.25) is 0 Å². The molecule has 0 aromatic heterocycles. The first-order valence-electron chi connectivity index (χ1n) is 48.0. The maximum atomic E-state index is 16.0. The molecule has 5 saturated heterocycles. The van der Waals surface area contributed by atoms with Crippen molar-refractivity contribution in [1.29, 1.82) is 0 Å². The predicted molar refractivity (Wildman–Crippen MR) is 509 cm³/mol. The highest BCUT2D eigenvalue weighted by atomic mass is 16.8. The molecule has 26 atom stereocenters. The van der Waals surface area contributed by atoms with E-state index in [1.807, 2.05) is 200 Å². The van der Waals surface area contributed by atoms with E-state index in [0.717, 1.165) is 83.4 Å². The molecule has 5 aliphatic rings. The van der Waals surface area contributed by atoms with Crippen molar-refractivity contribution in [3.8, 4) is 0 Å². The van der Waals surface area contributed by atoms with Gasteiger partial charge < -0.3 is 129 Å². The van der Waals surface area contributed by atoms with E-state index in [1.165, 1.54) is 31.2 Å². The van der Waals surface area contributed by atoms with Gasteiger partial charge >= 0.3 is 47.8 Å². The van der Waals surface area contributed by atoms with E-state index in [9.17, 15) is 33.6 Å². The van der Waals surface area contributed by atoms with Crippen LogP contribution in [0.4, 0.5) is 0 Å². The molecule has 145 heavy (non-hydrogen) atoms. The molecular weight excluding hydrogens is 1890 g/mol. The molecule has 37 nitrogen and oxygen atoms in total. The summed E-state index contributed by atoms with van der Waals surface area (Å²) in [5.74, 6) is -14.0. The molecule has 5 fully saturated rings. The number of hydrogen-bond acceptors (Lipinski definition) is 35. The number of carbonyl (C=O) groups excluding carboxylic acids is 10. The lowest BCUT2D eigenvalue weighted by atomic mass is 9.87. The highest BCUT2D eigenvalue weighted by molar-refractivity contribution is 5.89. The van der Waals surface area contributed by atoms with Gasteiger partial charge in [0, 0.05) is 62.0 Å². The number of rotatable bonds is 48. The summed E-state index contributed by atoms with van der Waals surface area (Å²) in [6, 6.07) is 68.9. The Morgan fingerprint density at radius 2 is 0.759 bits per heavy atom. The lowest BCUT2D eigenvalue weighted by Gasteiger charge is -2.54. The van der Waals surface area contributed by atoms with Gasteiger partial charge in [-0.25, -0.2) is 9.59 Å². The Hall–Kier alpha value is -12.2. The summed E-state index contributed by atoms with van der Waals surface area (Å²) in [6.45, 7) is 8.85. The molecule has 0 radical (unpaired) electrons. The van der Waals surface area contributed by atoms with Crippen LogP contribution in [-0.4, -0.2) is 259 Å². The quantitative estimate of drug-likeness (QED) is 0.0264. The number of amides is 2. The average molecular weight is 2010 g/mol. The topological polar surface area (TPSA) is 426 Å². The van der Waals surface area contributed by atoms with E-state index in [4.69, 9.17) is 118 Å². The minimum atomic E-state index is -3.30. The molecule has 2 amide bonds. The van der Waals surface area contributed by atoms with Gasteiger partial charge in [0.1, 0.15) is 105 Å². The third kappa shape index (κ3) is 31.7. The van der Waals surface area contributed by atoms with E-state index < -0.39 is 245 Å². The summed E-state index contributed by atoms with van der Waals surface area (Å²) < 4.78 is 171. The summed E-state index contributed by atoms with van der Waals surface area (Å²) in [7, 11) is 0.888. The molecule has 0 bridgehead atoms. The monoisotopic (exact) mass is 2010 g/mol. The number of hydrogen-bond donors (Lipinski definition) is 2. The van der Waals surface area contributed by atoms with Crippen LogP contribution in [0, 0.1) is 0 Å². The second-order valence-electron chi connectivity index (χ2n) is 35.3. The minimum Gasteiger partial charge on any atom is -0.465 e. The van der Waals surface area contributed by atoms with Crippen LogP contribution >= 0.6 is 0 Å². The van der Waals surface area contributed by atoms with Crippen LogP contribution in [0.25, 0.3) is 0 Å². The molecule has 13 rings (SSSR count). The Kier molecular flexibility index (Phi) is 41.6. The molecule has 5 heterocycles. The highest BCUT2D eigenvalue weighted by Crippen LogP contribution is 2.45. The smallest absolute Gasteiger partial charge is 0.366 e. The van der Waals surface area contributed by atoms with E-state index in [0.29, 0.717) is 11.1 Å². The van der Waals surface area contributed by atoms with Crippen molar-refractivity contribution in [2.75, 3.05) is 40.1 Å². The van der Waals surface area contributed by atoms with Crippen molar-refractivity contribution in [1.82, 2.24) is 10.6 Å². The van der Waals surface area contributed by atoms with Gasteiger partial charge in [-0.2, -0.15) is 0 Å². The summed E-state index contributed by atoms with van der Waals surface area (Å²) in [5, 5.41) is 5.79. The van der Waals surface area contributed by atoms with E-state index in [2.05, 4.69) is 10.6 Å². The number of esters is 8. The molecule has 0 saturated carbocycles. The molecule has 2 N–H and O–H groups in total. The van der Waals surface area contributed by atoms with Crippen molar-refractivity contribution in [3.05, 3.63) is 287 Å². The number of methoxy groups -OCH3 is 1. The van der Waals surface area contributed by atoms with Gasteiger partial charge in [-0.1, -0.05) is 231 Å². The number of nitrogens with one attached hydrogen (secondary N) is 2. The van der Waals surface area contributed by atoms with Gasteiger partial charge in [0.15, 0.2) is 49.6 Å². The van der Waals surface area contributed by atoms with E-state index >= 15 is 14.4 Å². The third-order valence-corrected chi connectivity index (χ3v) is 24.2. The first-order chi connectivity index (χ1) is 70.1. The largest absolute Gasteiger partial charge is 0.465 e. The first-order valence-corrected chi connectivity index (χ1v) is 48.0. The molecule has 8 aromatic rings. The summed E-state index contributed by atoms with van der Waals surface area (Å²) in [4.78, 5) is 143. The highest BCUT2D eigenvalue weighted by Gasteiger charge is 2.66. The molecule has 8 aromatic carbocycles.